The maximum atomic E-state index is 12.8. The Morgan fingerprint density at radius 3 is 2.63 bits per heavy atom. The lowest BCUT2D eigenvalue weighted by atomic mass is 10.1. The largest absolute Gasteiger partial charge is 0.454 e. The van der Waals surface area contributed by atoms with Gasteiger partial charge in [0.05, 0.1) is 10.6 Å². The minimum absolute atomic E-state index is 0.0349. The van der Waals surface area contributed by atoms with Crippen molar-refractivity contribution in [3.63, 3.8) is 0 Å². The lowest BCUT2D eigenvalue weighted by molar-refractivity contribution is 0.0301. The number of nitrogens with zero attached hydrogens (tertiary/aromatic N) is 1. The number of hydrogen-bond acceptors (Lipinski definition) is 4. The molecule has 0 radical (unpaired) electrons. The summed E-state index contributed by atoms with van der Waals surface area (Å²) in [5, 5.41) is 0.115. The number of benzene rings is 2. The van der Waals surface area contributed by atoms with Crippen LogP contribution in [0.2, 0.25) is 5.02 Å². The molecule has 5 nitrogen and oxygen atoms in total. The van der Waals surface area contributed by atoms with Gasteiger partial charge in [-0.1, -0.05) is 35.9 Å². The number of esters is 1. The molecule has 0 N–H and O–H groups in total. The van der Waals surface area contributed by atoms with E-state index < -0.39 is 16.0 Å². The van der Waals surface area contributed by atoms with E-state index >= 15 is 0 Å². The Balaban J connectivity index is 1.59. The molecule has 0 aromatic heterocycles. The van der Waals surface area contributed by atoms with Crippen LogP contribution < -0.4 is 0 Å². The average molecular weight is 406 g/mol. The second kappa shape index (κ2) is 7.26. The molecule has 4 rings (SSSR count). The lowest BCUT2D eigenvalue weighted by Gasteiger charge is -2.18. The van der Waals surface area contributed by atoms with Crippen LogP contribution in [0.15, 0.2) is 47.4 Å². The summed E-state index contributed by atoms with van der Waals surface area (Å²) in [7, 11) is -3.71. The van der Waals surface area contributed by atoms with Gasteiger partial charge in [-0.3, -0.25) is 0 Å². The molecular weight excluding hydrogens is 386 g/mol. The first-order valence-corrected chi connectivity index (χ1v) is 10.9. The van der Waals surface area contributed by atoms with Crippen molar-refractivity contribution in [1.82, 2.24) is 4.31 Å². The standard InChI is InChI=1S/C20H20ClNO4S/c21-17-9-7-15(13-19(17)27(24,25)22-11-3-4-12-22)20(23)26-18-10-8-14-5-1-2-6-16(14)18/h1-2,5-7,9,13,18H,3-4,8,10-12H2/t18-/m0/s1. The van der Waals surface area contributed by atoms with Gasteiger partial charge in [-0.2, -0.15) is 4.31 Å². The summed E-state index contributed by atoms with van der Waals surface area (Å²) < 4.78 is 32.7. The van der Waals surface area contributed by atoms with Gasteiger partial charge in [0.15, 0.2) is 0 Å². The van der Waals surface area contributed by atoms with Gasteiger partial charge in [0.2, 0.25) is 10.0 Å². The summed E-state index contributed by atoms with van der Waals surface area (Å²) in [5.41, 5.74) is 2.40. The van der Waals surface area contributed by atoms with Crippen molar-refractivity contribution in [2.45, 2.75) is 36.7 Å². The molecule has 1 atom stereocenters. The average Bonchev–Trinajstić information content (AvgIpc) is 3.33. The van der Waals surface area contributed by atoms with Gasteiger partial charge in [-0.15, -0.1) is 0 Å². The van der Waals surface area contributed by atoms with Crippen molar-refractivity contribution in [1.29, 1.82) is 0 Å². The van der Waals surface area contributed by atoms with Crippen LogP contribution in [0.3, 0.4) is 0 Å². The molecule has 2 aliphatic rings. The molecule has 7 heteroatoms. The first kappa shape index (κ1) is 18.5. The second-order valence-corrected chi connectivity index (χ2v) is 9.20. The van der Waals surface area contributed by atoms with Crippen molar-refractivity contribution in [2.24, 2.45) is 0 Å². The lowest BCUT2D eigenvalue weighted by Crippen LogP contribution is -2.28. The molecule has 0 saturated carbocycles. The smallest absolute Gasteiger partial charge is 0.338 e. The van der Waals surface area contributed by atoms with E-state index in [1.54, 1.807) is 0 Å². The number of hydrogen-bond donors (Lipinski definition) is 0. The Labute approximate surface area is 163 Å². The van der Waals surface area contributed by atoms with Gasteiger partial charge < -0.3 is 4.74 Å². The van der Waals surface area contributed by atoms with Crippen molar-refractivity contribution < 1.29 is 17.9 Å². The van der Waals surface area contributed by atoms with E-state index in [0.717, 1.165) is 31.2 Å². The number of halogens is 1. The van der Waals surface area contributed by atoms with E-state index in [0.29, 0.717) is 13.1 Å². The second-order valence-electron chi connectivity index (χ2n) is 6.89. The van der Waals surface area contributed by atoms with Crippen molar-refractivity contribution in [3.05, 3.63) is 64.2 Å². The molecule has 2 aromatic rings. The molecular formula is C20H20ClNO4S. The minimum Gasteiger partial charge on any atom is -0.454 e. The summed E-state index contributed by atoms with van der Waals surface area (Å²) in [5.74, 6) is -0.536. The van der Waals surface area contributed by atoms with E-state index in [4.69, 9.17) is 16.3 Å². The number of ether oxygens (including phenoxy) is 1. The summed E-state index contributed by atoms with van der Waals surface area (Å²) >= 11 is 6.14. The van der Waals surface area contributed by atoms with Crippen LogP contribution in [0.1, 0.15) is 46.9 Å². The highest BCUT2D eigenvalue weighted by atomic mass is 35.5. The maximum Gasteiger partial charge on any atom is 0.338 e. The maximum absolute atomic E-state index is 12.8. The van der Waals surface area contributed by atoms with Gasteiger partial charge in [0.1, 0.15) is 11.0 Å². The minimum atomic E-state index is -3.71. The monoisotopic (exact) mass is 405 g/mol. The highest BCUT2D eigenvalue weighted by molar-refractivity contribution is 7.89. The molecule has 27 heavy (non-hydrogen) atoms. The molecule has 1 fully saturated rings. The Morgan fingerprint density at radius 1 is 1.11 bits per heavy atom. The Hall–Kier alpha value is -1.89. The zero-order valence-corrected chi connectivity index (χ0v) is 16.3. The number of carbonyl (C=O) groups excluding carboxylic acids is 1. The van der Waals surface area contributed by atoms with Crippen molar-refractivity contribution in [3.8, 4) is 0 Å². The normalized spacial score (nSPS) is 19.8. The Kier molecular flexibility index (Phi) is 4.97. The number of carbonyl (C=O) groups is 1. The zero-order chi connectivity index (χ0) is 19.0. The molecule has 2 aromatic carbocycles. The quantitative estimate of drug-likeness (QED) is 0.722. The molecule has 1 heterocycles. The first-order chi connectivity index (χ1) is 13.0. The molecule has 1 aliphatic carbocycles. The third-order valence-electron chi connectivity index (χ3n) is 5.18. The van der Waals surface area contributed by atoms with Gasteiger partial charge in [-0.05, 0) is 55.0 Å². The molecule has 1 saturated heterocycles. The number of fused-ring (bicyclic) bond motifs is 1. The summed E-state index contributed by atoms with van der Waals surface area (Å²) in [6, 6.07) is 12.2. The number of aryl methyl sites for hydroxylation is 1. The van der Waals surface area contributed by atoms with E-state index in [1.807, 2.05) is 24.3 Å². The van der Waals surface area contributed by atoms with Crippen molar-refractivity contribution in [2.75, 3.05) is 13.1 Å². The number of rotatable bonds is 4. The van der Waals surface area contributed by atoms with Crippen LogP contribution in [0.4, 0.5) is 0 Å². The zero-order valence-electron chi connectivity index (χ0n) is 14.7. The van der Waals surface area contributed by atoms with E-state index in [2.05, 4.69) is 0 Å². The molecule has 1 aliphatic heterocycles. The fourth-order valence-corrected chi connectivity index (χ4v) is 5.75. The van der Waals surface area contributed by atoms with Crippen LogP contribution in [-0.4, -0.2) is 31.8 Å². The van der Waals surface area contributed by atoms with E-state index in [9.17, 15) is 13.2 Å². The molecule has 0 bridgehead atoms. The van der Waals surface area contributed by atoms with E-state index in [-0.39, 0.29) is 21.6 Å². The fraction of sp³-hybridized carbons (Fsp3) is 0.350. The summed E-state index contributed by atoms with van der Waals surface area (Å²) in [4.78, 5) is 12.6. The predicted octanol–water partition coefficient (Wildman–Crippen LogP) is 3.97. The fourth-order valence-electron chi connectivity index (χ4n) is 3.73. The number of sulfonamides is 1. The van der Waals surface area contributed by atoms with Crippen LogP contribution in [0.25, 0.3) is 0 Å². The summed E-state index contributed by atoms with van der Waals surface area (Å²) in [6.07, 6.45) is 2.96. The SMILES string of the molecule is O=C(O[C@H]1CCc2ccccc21)c1ccc(Cl)c(S(=O)(=O)N2CCCC2)c1. The van der Waals surface area contributed by atoms with Crippen LogP contribution >= 0.6 is 11.6 Å². The first-order valence-electron chi connectivity index (χ1n) is 9.05. The molecule has 142 valence electrons. The molecule has 0 spiro atoms. The van der Waals surface area contributed by atoms with Gasteiger partial charge >= 0.3 is 5.97 Å². The van der Waals surface area contributed by atoms with Crippen LogP contribution in [-0.2, 0) is 21.2 Å². The highest BCUT2D eigenvalue weighted by Crippen LogP contribution is 2.35. The molecule has 0 amide bonds. The van der Waals surface area contributed by atoms with Gasteiger partial charge in [0, 0.05) is 13.1 Å². The third kappa shape index (κ3) is 3.49. The van der Waals surface area contributed by atoms with Crippen LogP contribution in [0, 0.1) is 0 Å². The summed E-state index contributed by atoms with van der Waals surface area (Å²) in [6.45, 7) is 0.957. The predicted molar refractivity (Wildman–Crippen MR) is 102 cm³/mol. The van der Waals surface area contributed by atoms with Crippen molar-refractivity contribution >= 4 is 27.6 Å². The van der Waals surface area contributed by atoms with Crippen LogP contribution in [0.5, 0.6) is 0 Å². The van der Waals surface area contributed by atoms with Gasteiger partial charge in [0.25, 0.3) is 0 Å². The third-order valence-corrected chi connectivity index (χ3v) is 7.56. The molecule has 0 unspecified atom stereocenters. The topological polar surface area (TPSA) is 63.7 Å². The Bertz CT molecular complexity index is 983. The Morgan fingerprint density at radius 2 is 1.85 bits per heavy atom. The highest BCUT2D eigenvalue weighted by Gasteiger charge is 2.31. The van der Waals surface area contributed by atoms with E-state index in [1.165, 1.54) is 28.1 Å². The van der Waals surface area contributed by atoms with Gasteiger partial charge in [-0.25, -0.2) is 13.2 Å².